The largest absolute Gasteiger partial charge is 0.384 e. The van der Waals surface area contributed by atoms with Gasteiger partial charge in [0.05, 0.1) is 0 Å². The quantitative estimate of drug-likeness (QED) is 0.457. The molecule has 0 bridgehead atoms. The van der Waals surface area contributed by atoms with Crippen LogP contribution in [0.15, 0.2) is 59.1 Å². The number of benzene rings is 3. The highest BCUT2D eigenvalue weighted by Crippen LogP contribution is 2.35. The van der Waals surface area contributed by atoms with Crippen molar-refractivity contribution in [2.24, 2.45) is 0 Å². The van der Waals surface area contributed by atoms with E-state index in [2.05, 4.69) is 38.5 Å². The fourth-order valence-electron chi connectivity index (χ4n) is 2.42. The third-order valence-electron chi connectivity index (χ3n) is 3.45. The summed E-state index contributed by atoms with van der Waals surface area (Å²) in [5.41, 5.74) is 1.75. The van der Waals surface area contributed by atoms with E-state index < -0.39 is 6.10 Å². The Balaban J connectivity index is 2.20. The fourth-order valence-corrected chi connectivity index (χ4v) is 3.65. The van der Waals surface area contributed by atoms with Crippen LogP contribution in [0.25, 0.3) is 10.8 Å². The molecule has 0 saturated heterocycles. The molecule has 0 amide bonds. The predicted octanol–water partition coefficient (Wildman–Crippen LogP) is 5.94. The Morgan fingerprint density at radius 3 is 2.43 bits per heavy atom. The third-order valence-corrected chi connectivity index (χ3v) is 5.26. The molecule has 0 radical (unpaired) electrons. The van der Waals surface area contributed by atoms with Crippen LogP contribution in [0.2, 0.25) is 5.02 Å². The van der Waals surface area contributed by atoms with Crippen molar-refractivity contribution < 1.29 is 5.11 Å². The molecule has 0 aliphatic rings. The van der Waals surface area contributed by atoms with Crippen LogP contribution in [0, 0.1) is 3.57 Å². The average Bonchev–Trinajstić information content (AvgIpc) is 2.50. The summed E-state index contributed by atoms with van der Waals surface area (Å²) >= 11 is 12.0. The van der Waals surface area contributed by atoms with Crippen molar-refractivity contribution in [2.75, 3.05) is 0 Å². The molecular formula is C17H11BrClIO. The van der Waals surface area contributed by atoms with Crippen LogP contribution >= 0.6 is 50.1 Å². The zero-order chi connectivity index (χ0) is 15.0. The second-order valence-corrected chi connectivity index (χ2v) is 7.24. The molecule has 1 nitrogen and oxygen atoms in total. The van der Waals surface area contributed by atoms with Crippen molar-refractivity contribution in [3.05, 3.63) is 78.8 Å². The molecule has 1 unspecified atom stereocenters. The molecule has 106 valence electrons. The van der Waals surface area contributed by atoms with Gasteiger partial charge in [0.2, 0.25) is 0 Å². The number of fused-ring (bicyclic) bond motifs is 1. The molecule has 21 heavy (non-hydrogen) atoms. The van der Waals surface area contributed by atoms with Crippen LogP contribution in [-0.4, -0.2) is 5.11 Å². The van der Waals surface area contributed by atoms with Gasteiger partial charge >= 0.3 is 0 Å². The first kappa shape index (κ1) is 15.3. The number of hydrogen-bond acceptors (Lipinski definition) is 1. The Morgan fingerprint density at radius 2 is 1.67 bits per heavy atom. The lowest BCUT2D eigenvalue weighted by molar-refractivity contribution is 0.221. The maximum Gasteiger partial charge on any atom is 0.106 e. The lowest BCUT2D eigenvalue weighted by Gasteiger charge is -2.16. The van der Waals surface area contributed by atoms with Crippen molar-refractivity contribution >= 4 is 60.9 Å². The molecule has 0 aliphatic heterocycles. The first-order valence-electron chi connectivity index (χ1n) is 6.38. The number of aliphatic hydroxyl groups is 1. The normalized spacial score (nSPS) is 12.6. The monoisotopic (exact) mass is 472 g/mol. The van der Waals surface area contributed by atoms with Crippen LogP contribution in [0.1, 0.15) is 17.2 Å². The van der Waals surface area contributed by atoms with E-state index in [1.54, 1.807) is 0 Å². The molecule has 1 atom stereocenters. The second kappa shape index (κ2) is 6.24. The Hall–Kier alpha value is -0.620. The molecule has 3 aromatic rings. The minimum absolute atomic E-state index is 0.684. The molecule has 0 spiro atoms. The number of halogens is 3. The topological polar surface area (TPSA) is 20.2 Å². The van der Waals surface area contributed by atoms with Gasteiger partial charge in [0.25, 0.3) is 0 Å². The van der Waals surface area contributed by atoms with E-state index >= 15 is 0 Å². The summed E-state index contributed by atoms with van der Waals surface area (Å²) in [7, 11) is 0. The number of rotatable bonds is 2. The minimum atomic E-state index is -0.684. The number of hydrogen-bond donors (Lipinski definition) is 1. The fraction of sp³-hybridized carbons (Fsp3) is 0.0588. The van der Waals surface area contributed by atoms with Crippen molar-refractivity contribution in [1.82, 2.24) is 0 Å². The second-order valence-electron chi connectivity index (χ2n) is 4.75. The van der Waals surface area contributed by atoms with Crippen molar-refractivity contribution in [1.29, 1.82) is 0 Å². The van der Waals surface area contributed by atoms with Crippen molar-refractivity contribution in [3.8, 4) is 0 Å². The maximum atomic E-state index is 10.8. The van der Waals surface area contributed by atoms with Crippen molar-refractivity contribution in [2.45, 2.75) is 6.10 Å². The summed E-state index contributed by atoms with van der Waals surface area (Å²) in [6, 6.07) is 17.5. The van der Waals surface area contributed by atoms with Crippen LogP contribution in [0.4, 0.5) is 0 Å². The molecule has 0 heterocycles. The lowest BCUT2D eigenvalue weighted by atomic mass is 9.96. The van der Waals surface area contributed by atoms with Crippen molar-refractivity contribution in [3.63, 3.8) is 0 Å². The summed E-state index contributed by atoms with van der Waals surface area (Å²) in [6.07, 6.45) is -0.684. The van der Waals surface area contributed by atoms with Gasteiger partial charge in [-0.1, -0.05) is 57.9 Å². The Morgan fingerprint density at radius 1 is 0.952 bits per heavy atom. The molecular weight excluding hydrogens is 462 g/mol. The van der Waals surface area contributed by atoms with E-state index in [1.807, 2.05) is 54.6 Å². The first-order valence-corrected chi connectivity index (χ1v) is 8.63. The van der Waals surface area contributed by atoms with Gasteiger partial charge < -0.3 is 5.11 Å². The molecule has 4 heteroatoms. The highest BCUT2D eigenvalue weighted by atomic mass is 127. The Labute approximate surface area is 150 Å². The highest BCUT2D eigenvalue weighted by Gasteiger charge is 2.17. The van der Waals surface area contributed by atoms with E-state index in [4.69, 9.17) is 11.6 Å². The van der Waals surface area contributed by atoms with Crippen LogP contribution < -0.4 is 0 Å². The Kier molecular flexibility index (Phi) is 4.54. The minimum Gasteiger partial charge on any atom is -0.384 e. The molecule has 0 aliphatic carbocycles. The summed E-state index contributed by atoms with van der Waals surface area (Å²) in [5.74, 6) is 0. The number of aliphatic hydroxyl groups excluding tert-OH is 1. The average molecular weight is 474 g/mol. The zero-order valence-electron chi connectivity index (χ0n) is 10.9. The molecule has 0 fully saturated rings. The third kappa shape index (κ3) is 2.97. The van der Waals surface area contributed by atoms with Crippen LogP contribution in [0.3, 0.4) is 0 Å². The van der Waals surface area contributed by atoms with Gasteiger partial charge in [0.15, 0.2) is 0 Å². The van der Waals surface area contributed by atoms with Gasteiger partial charge in [-0.15, -0.1) is 0 Å². The van der Waals surface area contributed by atoms with Gasteiger partial charge in [0.1, 0.15) is 6.10 Å². The predicted molar refractivity (Wildman–Crippen MR) is 99.9 cm³/mol. The maximum absolute atomic E-state index is 10.8. The molecule has 3 aromatic carbocycles. The molecule has 0 saturated carbocycles. The zero-order valence-corrected chi connectivity index (χ0v) is 15.4. The van der Waals surface area contributed by atoms with E-state index in [0.717, 1.165) is 29.9 Å². The standard InChI is InChI=1S/C17H11BrClIO/c18-10-5-8-16(20)14(9-10)17(21)13-6-7-15(19)12-4-2-1-3-11(12)13/h1-9,17,21H. The van der Waals surface area contributed by atoms with Gasteiger partial charge in [-0.2, -0.15) is 0 Å². The summed E-state index contributed by atoms with van der Waals surface area (Å²) in [4.78, 5) is 0. The SMILES string of the molecule is OC(c1cc(Br)ccc1I)c1ccc(Cl)c2ccccc12. The van der Waals surface area contributed by atoms with Crippen LogP contribution in [0.5, 0.6) is 0 Å². The molecule has 1 N–H and O–H groups in total. The van der Waals surface area contributed by atoms with Gasteiger partial charge in [-0.25, -0.2) is 0 Å². The Bertz CT molecular complexity index is 819. The van der Waals surface area contributed by atoms with E-state index in [0.29, 0.717) is 5.02 Å². The van der Waals surface area contributed by atoms with E-state index in [-0.39, 0.29) is 0 Å². The summed E-state index contributed by atoms with van der Waals surface area (Å²) in [6.45, 7) is 0. The summed E-state index contributed by atoms with van der Waals surface area (Å²) < 4.78 is 1.98. The molecule has 0 aromatic heterocycles. The highest BCUT2D eigenvalue weighted by molar-refractivity contribution is 14.1. The smallest absolute Gasteiger partial charge is 0.106 e. The first-order chi connectivity index (χ1) is 10.1. The van der Waals surface area contributed by atoms with E-state index in [9.17, 15) is 5.11 Å². The lowest BCUT2D eigenvalue weighted by Crippen LogP contribution is -2.03. The summed E-state index contributed by atoms with van der Waals surface area (Å²) in [5, 5.41) is 13.5. The van der Waals surface area contributed by atoms with Gasteiger partial charge in [-0.05, 0) is 63.4 Å². The van der Waals surface area contributed by atoms with Gasteiger partial charge in [0, 0.05) is 18.5 Å². The molecule has 3 rings (SSSR count). The van der Waals surface area contributed by atoms with E-state index in [1.165, 1.54) is 0 Å². The van der Waals surface area contributed by atoms with Crippen LogP contribution in [-0.2, 0) is 0 Å². The van der Waals surface area contributed by atoms with Gasteiger partial charge in [-0.3, -0.25) is 0 Å².